The molecule has 0 atom stereocenters. The van der Waals surface area contributed by atoms with Crippen LogP contribution in [0.25, 0.3) is 11.1 Å². The van der Waals surface area contributed by atoms with E-state index < -0.39 is 0 Å². The lowest BCUT2D eigenvalue weighted by atomic mass is 9.78. The van der Waals surface area contributed by atoms with Crippen LogP contribution in [0.5, 0.6) is 0 Å². The smallest absolute Gasteiger partial charge is 0.0158 e. The summed E-state index contributed by atoms with van der Waals surface area (Å²) in [6.07, 6.45) is 0. The monoisotopic (exact) mass is 390 g/mol. The first-order valence-electron chi connectivity index (χ1n) is 10.7. The average Bonchev–Trinajstić information content (AvgIpc) is 3.03. The Morgan fingerprint density at radius 1 is 0.467 bits per heavy atom. The molecule has 0 bridgehead atoms. The zero-order chi connectivity index (χ0) is 21.2. The Bertz CT molecular complexity index is 1030. The fraction of sp³-hybridized carbons (Fsp3) is 0.200. The predicted molar refractivity (Wildman–Crippen MR) is 129 cm³/mol. The first-order chi connectivity index (χ1) is 14.4. The molecule has 0 aromatic heterocycles. The van der Waals surface area contributed by atoms with Crippen molar-refractivity contribution >= 4 is 0 Å². The van der Waals surface area contributed by atoms with Gasteiger partial charge in [0.15, 0.2) is 0 Å². The van der Waals surface area contributed by atoms with E-state index in [2.05, 4.69) is 137 Å². The molecule has 0 aliphatic heterocycles. The van der Waals surface area contributed by atoms with Gasteiger partial charge in [-0.2, -0.15) is 0 Å². The summed E-state index contributed by atoms with van der Waals surface area (Å²) >= 11 is 0. The van der Waals surface area contributed by atoms with Gasteiger partial charge >= 0.3 is 0 Å². The molecule has 0 unspecified atom stereocenters. The van der Waals surface area contributed by atoms with E-state index in [0.29, 0.717) is 0 Å². The Morgan fingerprint density at radius 2 is 0.800 bits per heavy atom. The van der Waals surface area contributed by atoms with Crippen LogP contribution in [0.2, 0.25) is 0 Å². The van der Waals surface area contributed by atoms with Gasteiger partial charge < -0.3 is 0 Å². The van der Waals surface area contributed by atoms with Crippen molar-refractivity contribution < 1.29 is 0 Å². The molecule has 0 heteroatoms. The van der Waals surface area contributed by atoms with Crippen LogP contribution in [0.1, 0.15) is 49.9 Å². The second kappa shape index (κ2) is 7.95. The van der Waals surface area contributed by atoms with Gasteiger partial charge in [0.2, 0.25) is 0 Å². The van der Waals surface area contributed by atoms with Crippen LogP contribution < -0.4 is 0 Å². The second-order valence-electron chi connectivity index (χ2n) is 9.07. The Kier molecular flexibility index (Phi) is 5.35. The number of hydrogen-bond acceptors (Lipinski definition) is 0. The van der Waals surface area contributed by atoms with Gasteiger partial charge in [-0.25, -0.2) is 0 Å². The molecule has 4 aromatic carbocycles. The highest BCUT2D eigenvalue weighted by Gasteiger charge is 2.34. The largest absolute Gasteiger partial charge is 0.0622 e. The first-order valence-corrected chi connectivity index (χ1v) is 10.7. The Morgan fingerprint density at radius 3 is 1.20 bits per heavy atom. The molecule has 0 fully saturated rings. The average molecular weight is 391 g/mol. The molecular formula is C30H30. The molecule has 30 heavy (non-hydrogen) atoms. The Labute approximate surface area is 181 Å². The fourth-order valence-corrected chi connectivity index (χ4v) is 4.55. The molecule has 0 radical (unpaired) electrons. The van der Waals surface area contributed by atoms with E-state index in [1.807, 2.05) is 0 Å². The fourth-order valence-electron chi connectivity index (χ4n) is 4.55. The minimum Gasteiger partial charge on any atom is -0.0622 e. The van der Waals surface area contributed by atoms with Crippen LogP contribution in [-0.4, -0.2) is 0 Å². The van der Waals surface area contributed by atoms with E-state index >= 15 is 0 Å². The molecule has 0 heterocycles. The van der Waals surface area contributed by atoms with E-state index in [-0.39, 0.29) is 10.8 Å². The van der Waals surface area contributed by atoms with Gasteiger partial charge in [0.05, 0.1) is 0 Å². The molecule has 0 amide bonds. The quantitative estimate of drug-likeness (QED) is 0.325. The van der Waals surface area contributed by atoms with Crippen molar-refractivity contribution in [2.45, 2.75) is 38.5 Å². The number of hydrogen-bond donors (Lipinski definition) is 0. The van der Waals surface area contributed by atoms with E-state index in [1.54, 1.807) is 0 Å². The van der Waals surface area contributed by atoms with E-state index in [4.69, 9.17) is 0 Å². The highest BCUT2D eigenvalue weighted by molar-refractivity contribution is 5.80. The van der Waals surface area contributed by atoms with E-state index in [1.165, 1.54) is 33.4 Å². The molecule has 0 nitrogen and oxygen atoms in total. The standard InChI is InChI=1S/C15H14.C15H16/c1-15(2)13-9-5-3-7-11(13)12-8-4-6-10-14(12)15;1-15(2,13-9-5-3-6-10-13)14-11-7-4-8-12-14/h3-10H,1-2H3;3-12H,1-2H3. The van der Waals surface area contributed by atoms with Gasteiger partial charge in [0, 0.05) is 10.8 Å². The van der Waals surface area contributed by atoms with Crippen LogP contribution in [0.4, 0.5) is 0 Å². The third-order valence-corrected chi connectivity index (χ3v) is 6.48. The number of rotatable bonds is 2. The van der Waals surface area contributed by atoms with Gasteiger partial charge in [-0.1, -0.05) is 137 Å². The molecule has 0 saturated heterocycles. The topological polar surface area (TPSA) is 0 Å². The van der Waals surface area contributed by atoms with Crippen LogP contribution in [-0.2, 0) is 10.8 Å². The maximum absolute atomic E-state index is 2.30. The summed E-state index contributed by atoms with van der Waals surface area (Å²) in [4.78, 5) is 0. The zero-order valence-electron chi connectivity index (χ0n) is 18.4. The predicted octanol–water partition coefficient (Wildman–Crippen LogP) is 8.01. The summed E-state index contributed by atoms with van der Waals surface area (Å²) in [6, 6.07) is 38.7. The van der Waals surface area contributed by atoms with Crippen molar-refractivity contribution in [1.29, 1.82) is 0 Å². The lowest BCUT2D eigenvalue weighted by molar-refractivity contribution is 0.641. The minimum atomic E-state index is 0.0858. The van der Waals surface area contributed by atoms with Crippen molar-refractivity contribution in [3.8, 4) is 11.1 Å². The summed E-state index contributed by atoms with van der Waals surface area (Å²) < 4.78 is 0. The third-order valence-electron chi connectivity index (χ3n) is 6.48. The molecule has 0 saturated carbocycles. The van der Waals surface area contributed by atoms with Gasteiger partial charge in [-0.15, -0.1) is 0 Å². The number of fused-ring (bicyclic) bond motifs is 3. The summed E-state index contributed by atoms with van der Waals surface area (Å²) in [5.41, 5.74) is 8.66. The summed E-state index contributed by atoms with van der Waals surface area (Å²) in [7, 11) is 0. The Balaban J connectivity index is 0.000000145. The Hall–Kier alpha value is -3.12. The lowest BCUT2D eigenvalue weighted by Gasteiger charge is -2.25. The van der Waals surface area contributed by atoms with E-state index in [0.717, 1.165) is 0 Å². The van der Waals surface area contributed by atoms with Gasteiger partial charge in [-0.3, -0.25) is 0 Å². The molecular weight excluding hydrogens is 360 g/mol. The van der Waals surface area contributed by atoms with Crippen molar-refractivity contribution in [2.24, 2.45) is 0 Å². The maximum Gasteiger partial charge on any atom is 0.0158 e. The van der Waals surface area contributed by atoms with Gasteiger partial charge in [0.1, 0.15) is 0 Å². The zero-order valence-corrected chi connectivity index (χ0v) is 18.4. The van der Waals surface area contributed by atoms with E-state index in [9.17, 15) is 0 Å². The third kappa shape index (κ3) is 3.59. The van der Waals surface area contributed by atoms with Crippen molar-refractivity contribution in [1.82, 2.24) is 0 Å². The molecule has 4 aromatic rings. The summed E-state index contributed by atoms with van der Waals surface area (Å²) in [5.74, 6) is 0. The van der Waals surface area contributed by atoms with Crippen molar-refractivity contribution in [2.75, 3.05) is 0 Å². The van der Waals surface area contributed by atoms with Crippen LogP contribution in [0, 0.1) is 0 Å². The minimum absolute atomic E-state index is 0.0858. The molecule has 0 spiro atoms. The molecule has 5 rings (SSSR count). The SMILES string of the molecule is CC(C)(c1ccccc1)c1ccccc1.CC1(C)c2ccccc2-c2ccccc21. The molecule has 1 aliphatic carbocycles. The lowest BCUT2D eigenvalue weighted by Crippen LogP contribution is -2.18. The first kappa shape index (κ1) is 20.2. The molecule has 0 N–H and O–H groups in total. The second-order valence-corrected chi connectivity index (χ2v) is 9.07. The van der Waals surface area contributed by atoms with Crippen molar-refractivity contribution in [3.63, 3.8) is 0 Å². The summed E-state index contributed by atoms with van der Waals surface area (Å²) in [6.45, 7) is 9.13. The van der Waals surface area contributed by atoms with Crippen LogP contribution in [0.15, 0.2) is 109 Å². The summed E-state index contributed by atoms with van der Waals surface area (Å²) in [5, 5.41) is 0. The van der Waals surface area contributed by atoms with Gasteiger partial charge in [-0.05, 0) is 33.4 Å². The van der Waals surface area contributed by atoms with Gasteiger partial charge in [0.25, 0.3) is 0 Å². The highest BCUT2D eigenvalue weighted by Crippen LogP contribution is 2.47. The highest BCUT2D eigenvalue weighted by atomic mass is 14.4. The molecule has 150 valence electrons. The van der Waals surface area contributed by atoms with Crippen molar-refractivity contribution in [3.05, 3.63) is 131 Å². The normalized spacial score (nSPS) is 13.6. The number of benzene rings is 4. The molecule has 1 aliphatic rings. The maximum atomic E-state index is 2.30. The van der Waals surface area contributed by atoms with Crippen LogP contribution >= 0.6 is 0 Å². The van der Waals surface area contributed by atoms with Crippen LogP contribution in [0.3, 0.4) is 0 Å².